The van der Waals surface area contributed by atoms with Gasteiger partial charge in [0.25, 0.3) is 0 Å². The summed E-state index contributed by atoms with van der Waals surface area (Å²) in [6, 6.07) is 0.113. The second-order valence-electron chi connectivity index (χ2n) is 6.13. The average Bonchev–Trinajstić information content (AvgIpc) is 2.77. The van der Waals surface area contributed by atoms with Crippen LogP contribution in [0.4, 0.5) is 0 Å². The van der Waals surface area contributed by atoms with Crippen molar-refractivity contribution in [3.63, 3.8) is 0 Å². The van der Waals surface area contributed by atoms with E-state index in [1.807, 2.05) is 4.90 Å². The summed E-state index contributed by atoms with van der Waals surface area (Å²) in [4.78, 5) is 25.1. The lowest BCUT2D eigenvalue weighted by molar-refractivity contribution is -0.132. The quantitative estimate of drug-likeness (QED) is 0.793. The van der Waals surface area contributed by atoms with Crippen LogP contribution in [-0.4, -0.2) is 41.4 Å². The minimum Gasteiger partial charge on any atom is -0.352 e. The molecule has 2 aliphatic rings. The molecule has 1 atom stereocenters. The number of rotatable bonds is 3. The van der Waals surface area contributed by atoms with E-state index in [2.05, 4.69) is 5.32 Å². The van der Waals surface area contributed by atoms with Crippen LogP contribution in [0.15, 0.2) is 0 Å². The lowest BCUT2D eigenvalue weighted by atomic mass is 9.80. The van der Waals surface area contributed by atoms with Crippen molar-refractivity contribution in [1.82, 2.24) is 10.2 Å². The van der Waals surface area contributed by atoms with Gasteiger partial charge in [-0.1, -0.05) is 19.3 Å². The molecule has 3 N–H and O–H groups in total. The molecule has 19 heavy (non-hydrogen) atoms. The maximum Gasteiger partial charge on any atom is 0.224 e. The van der Waals surface area contributed by atoms with Crippen molar-refractivity contribution in [2.75, 3.05) is 13.1 Å². The van der Waals surface area contributed by atoms with Gasteiger partial charge in [-0.25, -0.2) is 0 Å². The monoisotopic (exact) mass is 267 g/mol. The van der Waals surface area contributed by atoms with Crippen molar-refractivity contribution < 1.29 is 9.59 Å². The fraction of sp³-hybridized carbons (Fsp3) is 0.857. The van der Waals surface area contributed by atoms with E-state index in [1.165, 1.54) is 13.3 Å². The van der Waals surface area contributed by atoms with E-state index in [1.54, 1.807) is 0 Å². The molecule has 0 aromatic heterocycles. The number of carbonyl (C=O) groups is 2. The van der Waals surface area contributed by atoms with E-state index >= 15 is 0 Å². The molecule has 1 unspecified atom stereocenters. The molecule has 0 radical (unpaired) electrons. The summed E-state index contributed by atoms with van der Waals surface area (Å²) in [7, 11) is 0. The second kappa shape index (κ2) is 5.90. The summed E-state index contributed by atoms with van der Waals surface area (Å²) in [6.45, 7) is 2.88. The Morgan fingerprint density at radius 1 is 1.32 bits per heavy atom. The van der Waals surface area contributed by atoms with Gasteiger partial charge in [0.05, 0.1) is 0 Å². The molecule has 5 nitrogen and oxygen atoms in total. The van der Waals surface area contributed by atoms with Gasteiger partial charge < -0.3 is 16.0 Å². The van der Waals surface area contributed by atoms with E-state index in [4.69, 9.17) is 5.73 Å². The Morgan fingerprint density at radius 3 is 2.63 bits per heavy atom. The normalized spacial score (nSPS) is 26.2. The van der Waals surface area contributed by atoms with E-state index in [9.17, 15) is 9.59 Å². The van der Waals surface area contributed by atoms with Crippen molar-refractivity contribution in [2.45, 2.75) is 63.5 Å². The number of nitrogens with two attached hydrogens (primary N) is 1. The van der Waals surface area contributed by atoms with E-state index in [0.29, 0.717) is 13.0 Å². The van der Waals surface area contributed by atoms with Crippen LogP contribution >= 0.6 is 0 Å². The maximum absolute atomic E-state index is 12.3. The Morgan fingerprint density at radius 2 is 2.00 bits per heavy atom. The fourth-order valence-electron chi connectivity index (χ4n) is 3.24. The second-order valence-corrected chi connectivity index (χ2v) is 6.13. The van der Waals surface area contributed by atoms with Gasteiger partial charge in [0.1, 0.15) is 0 Å². The highest BCUT2D eigenvalue weighted by molar-refractivity contribution is 5.78. The first-order chi connectivity index (χ1) is 8.98. The van der Waals surface area contributed by atoms with Crippen molar-refractivity contribution >= 4 is 11.8 Å². The summed E-state index contributed by atoms with van der Waals surface area (Å²) >= 11 is 0. The predicted molar refractivity (Wildman–Crippen MR) is 73.4 cm³/mol. The Hall–Kier alpha value is -1.10. The molecular formula is C14H25N3O2. The standard InChI is InChI=1S/C14H25N3O2/c1-11(18)16-12-5-8-17(10-12)13(19)9-14(15)6-3-2-4-7-14/h12H,2-10,15H2,1H3,(H,16,18). The van der Waals surface area contributed by atoms with Crippen LogP contribution in [0.2, 0.25) is 0 Å². The number of hydrogen-bond donors (Lipinski definition) is 2. The molecule has 5 heteroatoms. The topological polar surface area (TPSA) is 75.4 Å². The van der Waals surface area contributed by atoms with Gasteiger partial charge in [0, 0.05) is 38.0 Å². The molecule has 1 saturated heterocycles. The highest BCUT2D eigenvalue weighted by atomic mass is 16.2. The molecule has 2 rings (SSSR count). The molecule has 0 aromatic rings. The Labute approximate surface area is 114 Å². The van der Waals surface area contributed by atoms with Crippen LogP contribution in [0.25, 0.3) is 0 Å². The van der Waals surface area contributed by atoms with Gasteiger partial charge in [-0.3, -0.25) is 9.59 Å². The molecule has 108 valence electrons. The molecular weight excluding hydrogens is 242 g/mol. The minimum absolute atomic E-state index is 0.0260. The van der Waals surface area contributed by atoms with Gasteiger partial charge in [-0.2, -0.15) is 0 Å². The van der Waals surface area contributed by atoms with Crippen LogP contribution in [0.1, 0.15) is 51.9 Å². The first-order valence-electron chi connectivity index (χ1n) is 7.32. The molecule has 1 heterocycles. The largest absolute Gasteiger partial charge is 0.352 e. The lowest BCUT2D eigenvalue weighted by Crippen LogP contribution is -2.47. The number of likely N-dealkylation sites (tertiary alicyclic amines) is 1. The summed E-state index contributed by atoms with van der Waals surface area (Å²) < 4.78 is 0. The van der Waals surface area contributed by atoms with Crippen molar-refractivity contribution in [3.05, 3.63) is 0 Å². The van der Waals surface area contributed by atoms with Crippen LogP contribution in [0.3, 0.4) is 0 Å². The number of nitrogens with one attached hydrogen (secondary N) is 1. The van der Waals surface area contributed by atoms with E-state index < -0.39 is 0 Å². The highest BCUT2D eigenvalue weighted by Crippen LogP contribution is 2.29. The van der Waals surface area contributed by atoms with Crippen LogP contribution < -0.4 is 11.1 Å². The van der Waals surface area contributed by atoms with Crippen molar-refractivity contribution in [2.24, 2.45) is 5.73 Å². The van der Waals surface area contributed by atoms with Gasteiger partial charge in [-0.05, 0) is 19.3 Å². The molecule has 2 amide bonds. The zero-order valence-electron chi connectivity index (χ0n) is 11.8. The van der Waals surface area contributed by atoms with Crippen LogP contribution in [-0.2, 0) is 9.59 Å². The third-order valence-electron chi connectivity index (χ3n) is 4.30. The van der Waals surface area contributed by atoms with Crippen molar-refractivity contribution in [1.29, 1.82) is 0 Å². The summed E-state index contributed by atoms with van der Waals surface area (Å²) in [5, 5.41) is 2.88. The molecule has 2 fully saturated rings. The van der Waals surface area contributed by atoms with Gasteiger partial charge >= 0.3 is 0 Å². The molecule has 0 aromatic carbocycles. The Balaban J connectivity index is 1.82. The average molecular weight is 267 g/mol. The fourth-order valence-corrected chi connectivity index (χ4v) is 3.24. The van der Waals surface area contributed by atoms with E-state index in [-0.39, 0.29) is 23.4 Å². The van der Waals surface area contributed by atoms with Gasteiger partial charge in [0.15, 0.2) is 0 Å². The number of amides is 2. The smallest absolute Gasteiger partial charge is 0.224 e. The predicted octanol–water partition coefficient (Wildman–Crippen LogP) is 0.775. The van der Waals surface area contributed by atoms with Gasteiger partial charge in [-0.15, -0.1) is 0 Å². The zero-order valence-corrected chi connectivity index (χ0v) is 11.8. The first kappa shape index (κ1) is 14.3. The molecule has 1 aliphatic carbocycles. The number of carbonyl (C=O) groups excluding carboxylic acids is 2. The summed E-state index contributed by atoms with van der Waals surface area (Å²) in [6.07, 6.45) is 6.74. The molecule has 1 saturated carbocycles. The van der Waals surface area contributed by atoms with Gasteiger partial charge in [0.2, 0.25) is 11.8 Å². The number of nitrogens with zero attached hydrogens (tertiary/aromatic N) is 1. The Kier molecular flexibility index (Phi) is 4.45. The SMILES string of the molecule is CC(=O)NC1CCN(C(=O)CC2(N)CCCCC2)C1. The van der Waals surface area contributed by atoms with E-state index in [0.717, 1.165) is 38.6 Å². The van der Waals surface area contributed by atoms with Crippen LogP contribution in [0.5, 0.6) is 0 Å². The third kappa shape index (κ3) is 3.93. The summed E-state index contributed by atoms with van der Waals surface area (Å²) in [5.41, 5.74) is 6.04. The van der Waals surface area contributed by atoms with Crippen molar-refractivity contribution in [3.8, 4) is 0 Å². The maximum atomic E-state index is 12.3. The molecule has 1 aliphatic heterocycles. The zero-order chi connectivity index (χ0) is 13.9. The van der Waals surface area contributed by atoms with Crippen LogP contribution in [0, 0.1) is 0 Å². The lowest BCUT2D eigenvalue weighted by Gasteiger charge is -2.34. The third-order valence-corrected chi connectivity index (χ3v) is 4.30. The Bertz CT molecular complexity index is 351. The molecule has 0 bridgehead atoms. The molecule has 0 spiro atoms. The summed E-state index contributed by atoms with van der Waals surface area (Å²) in [5.74, 6) is 0.124. The highest BCUT2D eigenvalue weighted by Gasteiger charge is 2.34. The first-order valence-corrected chi connectivity index (χ1v) is 7.32. The number of hydrogen-bond acceptors (Lipinski definition) is 3. The minimum atomic E-state index is -0.290.